The molecule has 1 aliphatic heterocycles. The highest BCUT2D eigenvalue weighted by atomic mass is 79.9. The van der Waals surface area contributed by atoms with E-state index in [-0.39, 0.29) is 28.0 Å². The summed E-state index contributed by atoms with van der Waals surface area (Å²) in [6.45, 7) is 1.53. The first-order valence-electron chi connectivity index (χ1n) is 6.46. The average molecular weight is 372 g/mol. The molecule has 1 atom stereocenters. The molecule has 7 heteroatoms. The minimum atomic E-state index is -3.74. The Balaban J connectivity index is 2.12. The van der Waals surface area contributed by atoms with Crippen LogP contribution in [0, 0.1) is 0 Å². The molecule has 1 aromatic heterocycles. The Hall–Kier alpha value is -1.31. The smallest absolute Gasteiger partial charge is 0.268 e. The number of furan rings is 1. The van der Waals surface area contributed by atoms with Crippen molar-refractivity contribution >= 4 is 31.6 Å². The van der Waals surface area contributed by atoms with Gasteiger partial charge in [0.25, 0.3) is 10.0 Å². The lowest BCUT2D eigenvalue weighted by molar-refractivity contribution is 0.245. The summed E-state index contributed by atoms with van der Waals surface area (Å²) in [5.41, 5.74) is 1.71. The predicted molar refractivity (Wildman–Crippen MR) is 81.6 cm³/mol. The molecule has 0 radical (unpaired) electrons. The highest BCUT2D eigenvalue weighted by Crippen LogP contribution is 2.38. The van der Waals surface area contributed by atoms with Crippen LogP contribution < -0.4 is 4.31 Å². The Morgan fingerprint density at radius 1 is 1.43 bits per heavy atom. The number of nitrogens with zero attached hydrogens (tertiary/aromatic N) is 1. The van der Waals surface area contributed by atoms with Crippen molar-refractivity contribution in [2.45, 2.75) is 30.9 Å². The molecule has 0 saturated heterocycles. The molecule has 0 spiro atoms. The molecule has 0 fully saturated rings. The molecule has 5 nitrogen and oxygen atoms in total. The number of benzene rings is 1. The molecular weight excluding hydrogens is 358 g/mol. The first-order chi connectivity index (χ1) is 9.95. The summed E-state index contributed by atoms with van der Waals surface area (Å²) < 4.78 is 32.5. The Morgan fingerprint density at radius 3 is 2.81 bits per heavy atom. The molecule has 1 aliphatic rings. The van der Waals surface area contributed by atoms with Gasteiger partial charge in [0.05, 0.1) is 5.69 Å². The maximum Gasteiger partial charge on any atom is 0.268 e. The maximum atomic E-state index is 12.9. The van der Waals surface area contributed by atoms with Gasteiger partial charge in [0.2, 0.25) is 0 Å². The first kappa shape index (κ1) is 14.6. The van der Waals surface area contributed by atoms with Crippen LogP contribution in [0.3, 0.4) is 0 Å². The molecule has 1 aromatic carbocycles. The van der Waals surface area contributed by atoms with Crippen molar-refractivity contribution in [1.82, 2.24) is 0 Å². The van der Waals surface area contributed by atoms with E-state index >= 15 is 0 Å². The quantitative estimate of drug-likeness (QED) is 0.900. The molecule has 1 N–H and O–H groups in total. The van der Waals surface area contributed by atoms with Gasteiger partial charge in [-0.1, -0.05) is 18.2 Å². The number of halogens is 1. The fraction of sp³-hybridized carbons (Fsp3) is 0.286. The number of aliphatic hydroxyl groups is 1. The normalized spacial score (nSPS) is 18.0. The standard InChI is InChI=1S/C14H14BrNO4S/c1-9-6-10-4-2-3-5-12(10)16(9)21(18,19)13-7-11(8-17)20-14(13)15/h2-5,7,9,17H,6,8H2,1H3. The number of para-hydroxylation sites is 1. The fourth-order valence-corrected chi connectivity index (χ4v) is 5.32. The second-order valence-corrected chi connectivity index (χ2v) is 7.50. The van der Waals surface area contributed by atoms with Gasteiger partial charge >= 0.3 is 0 Å². The summed E-state index contributed by atoms with van der Waals surface area (Å²) in [6, 6.07) is 8.66. The van der Waals surface area contributed by atoms with E-state index in [2.05, 4.69) is 15.9 Å². The molecule has 112 valence electrons. The van der Waals surface area contributed by atoms with Crippen molar-refractivity contribution in [2.24, 2.45) is 0 Å². The first-order valence-corrected chi connectivity index (χ1v) is 8.70. The second-order valence-electron chi connectivity index (χ2n) is 4.99. The van der Waals surface area contributed by atoms with E-state index in [4.69, 9.17) is 9.52 Å². The Labute approximate surface area is 131 Å². The number of rotatable bonds is 3. The van der Waals surface area contributed by atoms with Crippen molar-refractivity contribution in [2.75, 3.05) is 4.31 Å². The van der Waals surface area contributed by atoms with Gasteiger partial charge in [-0.3, -0.25) is 4.31 Å². The SMILES string of the molecule is CC1Cc2ccccc2N1S(=O)(=O)c1cc(CO)oc1Br. The second kappa shape index (κ2) is 5.15. The van der Waals surface area contributed by atoms with Crippen molar-refractivity contribution in [3.05, 3.63) is 46.3 Å². The van der Waals surface area contributed by atoms with Gasteiger partial charge in [-0.25, -0.2) is 8.42 Å². The van der Waals surface area contributed by atoms with Crippen LogP contribution in [0.4, 0.5) is 5.69 Å². The molecule has 0 saturated carbocycles. The minimum absolute atomic E-state index is 0.0371. The van der Waals surface area contributed by atoms with Crippen LogP contribution >= 0.6 is 15.9 Å². The van der Waals surface area contributed by atoms with Crippen LogP contribution in [0.2, 0.25) is 0 Å². The molecule has 0 aliphatic carbocycles. The van der Waals surface area contributed by atoms with Crippen molar-refractivity contribution in [1.29, 1.82) is 0 Å². The summed E-state index contributed by atoms with van der Waals surface area (Å²) in [6.07, 6.45) is 0.678. The van der Waals surface area contributed by atoms with E-state index in [9.17, 15) is 8.42 Å². The van der Waals surface area contributed by atoms with Gasteiger partial charge in [0.15, 0.2) is 4.67 Å². The van der Waals surface area contributed by atoms with E-state index in [0.29, 0.717) is 12.1 Å². The van der Waals surface area contributed by atoms with Gasteiger partial charge in [0.1, 0.15) is 17.3 Å². The molecule has 3 rings (SSSR count). The minimum Gasteiger partial charge on any atom is -0.450 e. The third kappa shape index (κ3) is 2.29. The molecule has 0 amide bonds. The van der Waals surface area contributed by atoms with Gasteiger partial charge in [-0.05, 0) is 40.9 Å². The Morgan fingerprint density at radius 2 is 2.14 bits per heavy atom. The number of aliphatic hydroxyl groups excluding tert-OH is 1. The number of hydrogen-bond donors (Lipinski definition) is 1. The molecule has 0 bridgehead atoms. The molecule has 2 heterocycles. The molecule has 1 unspecified atom stereocenters. The topological polar surface area (TPSA) is 70.8 Å². The van der Waals surface area contributed by atoms with Crippen LogP contribution in [-0.4, -0.2) is 19.6 Å². The summed E-state index contributed by atoms with van der Waals surface area (Å²) in [4.78, 5) is 0.0371. The van der Waals surface area contributed by atoms with Crippen LogP contribution in [0.1, 0.15) is 18.2 Å². The highest BCUT2D eigenvalue weighted by molar-refractivity contribution is 9.10. The third-order valence-corrected chi connectivity index (χ3v) is 6.33. The van der Waals surface area contributed by atoms with Crippen LogP contribution in [-0.2, 0) is 23.1 Å². The predicted octanol–water partition coefficient (Wildman–Crippen LogP) is 2.67. The zero-order valence-corrected chi connectivity index (χ0v) is 13.7. The van der Waals surface area contributed by atoms with E-state index < -0.39 is 10.0 Å². The molecule has 21 heavy (non-hydrogen) atoms. The Bertz CT molecular complexity index is 784. The summed E-state index contributed by atoms with van der Waals surface area (Å²) in [5.74, 6) is 0.209. The van der Waals surface area contributed by atoms with E-state index in [0.717, 1.165) is 5.56 Å². The average Bonchev–Trinajstić information content (AvgIpc) is 2.98. The summed E-state index contributed by atoms with van der Waals surface area (Å²) >= 11 is 3.12. The third-order valence-electron chi connectivity index (χ3n) is 3.54. The van der Waals surface area contributed by atoms with Gasteiger partial charge < -0.3 is 9.52 Å². The van der Waals surface area contributed by atoms with Crippen molar-refractivity contribution < 1.29 is 17.9 Å². The summed E-state index contributed by atoms with van der Waals surface area (Å²) in [5, 5.41) is 9.09. The van der Waals surface area contributed by atoms with Crippen LogP contribution in [0.25, 0.3) is 0 Å². The lowest BCUT2D eigenvalue weighted by Gasteiger charge is -2.23. The monoisotopic (exact) mass is 371 g/mol. The molecular formula is C14H14BrNO4S. The lowest BCUT2D eigenvalue weighted by atomic mass is 10.1. The fourth-order valence-electron chi connectivity index (χ4n) is 2.66. The maximum absolute atomic E-state index is 12.9. The van der Waals surface area contributed by atoms with Gasteiger partial charge in [-0.2, -0.15) is 0 Å². The number of hydrogen-bond acceptors (Lipinski definition) is 4. The van der Waals surface area contributed by atoms with E-state index in [1.807, 2.05) is 25.1 Å². The lowest BCUT2D eigenvalue weighted by Crippen LogP contribution is -2.35. The van der Waals surface area contributed by atoms with E-state index in [1.165, 1.54) is 10.4 Å². The number of sulfonamides is 1. The summed E-state index contributed by atoms with van der Waals surface area (Å²) in [7, 11) is -3.74. The largest absolute Gasteiger partial charge is 0.450 e. The van der Waals surface area contributed by atoms with Gasteiger partial charge in [0, 0.05) is 12.1 Å². The van der Waals surface area contributed by atoms with E-state index in [1.54, 1.807) is 6.07 Å². The van der Waals surface area contributed by atoms with Crippen LogP contribution in [0.5, 0.6) is 0 Å². The van der Waals surface area contributed by atoms with Gasteiger partial charge in [-0.15, -0.1) is 0 Å². The zero-order chi connectivity index (χ0) is 15.2. The van der Waals surface area contributed by atoms with Crippen LogP contribution in [0.15, 0.2) is 44.3 Å². The van der Waals surface area contributed by atoms with Crippen molar-refractivity contribution in [3.8, 4) is 0 Å². The van der Waals surface area contributed by atoms with Crippen molar-refractivity contribution in [3.63, 3.8) is 0 Å². The number of fused-ring (bicyclic) bond motifs is 1. The molecule has 2 aromatic rings. The number of anilines is 1. The zero-order valence-electron chi connectivity index (χ0n) is 11.3. The highest BCUT2D eigenvalue weighted by Gasteiger charge is 2.38. The Kier molecular flexibility index (Phi) is 3.59.